The van der Waals surface area contributed by atoms with Crippen molar-refractivity contribution in [2.75, 3.05) is 19.8 Å². The smallest absolute Gasteiger partial charge is 0.218 e. The summed E-state index contributed by atoms with van der Waals surface area (Å²) in [6, 6.07) is 7.64. The third kappa shape index (κ3) is 3.35. The number of morpholine rings is 1. The van der Waals surface area contributed by atoms with Crippen LogP contribution in [-0.2, 0) is 20.5 Å². The second-order valence-electron chi connectivity index (χ2n) is 5.68. The summed E-state index contributed by atoms with van der Waals surface area (Å²) in [6.45, 7) is 7.12. The molecule has 106 valence electrons. The molecule has 5 heteroatoms. The second-order valence-corrected chi connectivity index (χ2v) is 7.58. The predicted octanol–water partition coefficient (Wildman–Crippen LogP) is 1.94. The number of rotatable bonds is 3. The molecule has 1 aromatic rings. The number of nitrogens with zero attached hydrogens (tertiary/aromatic N) is 1. The van der Waals surface area contributed by atoms with Gasteiger partial charge in [0.25, 0.3) is 0 Å². The lowest BCUT2D eigenvalue weighted by Gasteiger charge is -2.40. The summed E-state index contributed by atoms with van der Waals surface area (Å²) in [5.74, 6) is 0.0537. The highest BCUT2D eigenvalue weighted by atomic mass is 32.2. The number of hydrogen-bond acceptors (Lipinski definition) is 3. The Hall–Kier alpha value is -0.910. The molecule has 4 nitrogen and oxygen atoms in total. The average molecular weight is 283 g/mol. The molecule has 1 saturated heterocycles. The molecule has 1 aliphatic heterocycles. The highest BCUT2D eigenvalue weighted by molar-refractivity contribution is 7.88. The maximum atomic E-state index is 12.6. The summed E-state index contributed by atoms with van der Waals surface area (Å²) in [5.41, 5.74) is 1.44. The molecule has 0 aromatic heterocycles. The van der Waals surface area contributed by atoms with E-state index in [-0.39, 0.29) is 5.75 Å². The SMILES string of the molecule is Cc1cccc(CS(=O)(=O)N2CCOCC2(C)C)c1. The minimum Gasteiger partial charge on any atom is -0.378 e. The van der Waals surface area contributed by atoms with Crippen LogP contribution in [-0.4, -0.2) is 38.0 Å². The molecule has 0 N–H and O–H groups in total. The van der Waals surface area contributed by atoms with E-state index < -0.39 is 15.6 Å². The topological polar surface area (TPSA) is 46.6 Å². The molecule has 2 rings (SSSR count). The molecule has 1 heterocycles. The van der Waals surface area contributed by atoms with Crippen LogP contribution in [0.3, 0.4) is 0 Å². The Morgan fingerprint density at radius 2 is 2.11 bits per heavy atom. The first kappa shape index (κ1) is 14.5. The van der Waals surface area contributed by atoms with Gasteiger partial charge in [-0.1, -0.05) is 29.8 Å². The second kappa shape index (κ2) is 5.23. The van der Waals surface area contributed by atoms with E-state index in [1.54, 1.807) is 4.31 Å². The van der Waals surface area contributed by atoms with Crippen molar-refractivity contribution >= 4 is 10.0 Å². The van der Waals surface area contributed by atoms with Gasteiger partial charge in [-0.25, -0.2) is 8.42 Å². The minimum atomic E-state index is -3.31. The van der Waals surface area contributed by atoms with E-state index in [1.807, 2.05) is 45.0 Å². The van der Waals surface area contributed by atoms with Crippen molar-refractivity contribution in [3.63, 3.8) is 0 Å². The molecule has 1 fully saturated rings. The third-order valence-electron chi connectivity index (χ3n) is 3.34. The first-order valence-corrected chi connectivity index (χ1v) is 8.06. The fourth-order valence-corrected chi connectivity index (χ4v) is 4.37. The maximum absolute atomic E-state index is 12.6. The van der Waals surface area contributed by atoms with E-state index in [4.69, 9.17) is 4.74 Å². The zero-order valence-corrected chi connectivity index (χ0v) is 12.5. The Morgan fingerprint density at radius 1 is 1.37 bits per heavy atom. The van der Waals surface area contributed by atoms with Gasteiger partial charge in [0.15, 0.2) is 0 Å². The van der Waals surface area contributed by atoms with Gasteiger partial charge in [0.1, 0.15) is 0 Å². The molecular weight excluding hydrogens is 262 g/mol. The molecule has 0 amide bonds. The molecule has 0 spiro atoms. The van der Waals surface area contributed by atoms with Crippen LogP contribution in [0.1, 0.15) is 25.0 Å². The van der Waals surface area contributed by atoms with Crippen LogP contribution in [0.2, 0.25) is 0 Å². The summed E-state index contributed by atoms with van der Waals surface area (Å²) in [6.07, 6.45) is 0. The van der Waals surface area contributed by atoms with Gasteiger partial charge in [-0.2, -0.15) is 4.31 Å². The summed E-state index contributed by atoms with van der Waals surface area (Å²) in [7, 11) is -3.31. The molecule has 0 bridgehead atoms. The predicted molar refractivity (Wildman–Crippen MR) is 75.4 cm³/mol. The van der Waals surface area contributed by atoms with Crippen molar-refractivity contribution in [3.05, 3.63) is 35.4 Å². The third-order valence-corrected chi connectivity index (χ3v) is 5.38. The molecular formula is C14H21NO3S. The molecule has 19 heavy (non-hydrogen) atoms. The Morgan fingerprint density at radius 3 is 2.74 bits per heavy atom. The average Bonchev–Trinajstić information content (AvgIpc) is 2.27. The molecule has 1 aliphatic rings. The first-order valence-electron chi connectivity index (χ1n) is 6.45. The van der Waals surface area contributed by atoms with Gasteiger partial charge in [-0.3, -0.25) is 0 Å². The van der Waals surface area contributed by atoms with Crippen molar-refractivity contribution in [1.29, 1.82) is 0 Å². The number of benzene rings is 1. The summed E-state index contributed by atoms with van der Waals surface area (Å²) in [4.78, 5) is 0. The molecule has 0 radical (unpaired) electrons. The lowest BCUT2D eigenvalue weighted by molar-refractivity contribution is -0.00777. The van der Waals surface area contributed by atoms with Gasteiger partial charge in [0, 0.05) is 6.54 Å². The normalized spacial score (nSPS) is 20.4. The Kier molecular flexibility index (Phi) is 3.99. The lowest BCUT2D eigenvalue weighted by Crippen LogP contribution is -2.55. The number of aryl methyl sites for hydroxylation is 1. The van der Waals surface area contributed by atoms with Crippen molar-refractivity contribution in [2.24, 2.45) is 0 Å². The Balaban J connectivity index is 2.22. The van der Waals surface area contributed by atoms with Gasteiger partial charge in [-0.15, -0.1) is 0 Å². The van der Waals surface area contributed by atoms with Crippen molar-refractivity contribution < 1.29 is 13.2 Å². The molecule has 0 atom stereocenters. The van der Waals surface area contributed by atoms with Crippen LogP contribution in [0.25, 0.3) is 0 Å². The van der Waals surface area contributed by atoms with Crippen LogP contribution >= 0.6 is 0 Å². The Bertz CT molecular complexity index is 552. The summed E-state index contributed by atoms with van der Waals surface area (Å²) < 4.78 is 32.1. The van der Waals surface area contributed by atoms with Crippen LogP contribution < -0.4 is 0 Å². The maximum Gasteiger partial charge on any atom is 0.218 e. The van der Waals surface area contributed by atoms with Gasteiger partial charge >= 0.3 is 0 Å². The number of ether oxygens (including phenoxy) is 1. The van der Waals surface area contributed by atoms with E-state index >= 15 is 0 Å². The largest absolute Gasteiger partial charge is 0.378 e. The van der Waals surface area contributed by atoms with Gasteiger partial charge in [0.05, 0.1) is 24.5 Å². The number of sulfonamides is 1. The Labute approximate surface area is 115 Å². The zero-order valence-electron chi connectivity index (χ0n) is 11.7. The van der Waals surface area contributed by atoms with Gasteiger partial charge < -0.3 is 4.74 Å². The zero-order chi connectivity index (χ0) is 14.1. The fourth-order valence-electron chi connectivity index (χ4n) is 2.45. The van der Waals surface area contributed by atoms with Crippen molar-refractivity contribution in [1.82, 2.24) is 4.31 Å². The highest BCUT2D eigenvalue weighted by Gasteiger charge is 2.38. The quantitative estimate of drug-likeness (QED) is 0.851. The van der Waals surface area contributed by atoms with Crippen LogP contribution in [0, 0.1) is 6.92 Å². The monoisotopic (exact) mass is 283 g/mol. The van der Waals surface area contributed by atoms with Crippen molar-refractivity contribution in [3.8, 4) is 0 Å². The number of hydrogen-bond donors (Lipinski definition) is 0. The van der Waals surface area contributed by atoms with E-state index in [0.29, 0.717) is 19.8 Å². The first-order chi connectivity index (χ1) is 8.81. The standard InChI is InChI=1S/C14H21NO3S/c1-12-5-4-6-13(9-12)10-19(16,17)15-7-8-18-11-14(15,2)3/h4-6,9H,7-8,10-11H2,1-3H3. The van der Waals surface area contributed by atoms with Crippen molar-refractivity contribution in [2.45, 2.75) is 32.1 Å². The summed E-state index contributed by atoms with van der Waals surface area (Å²) in [5, 5.41) is 0. The van der Waals surface area contributed by atoms with E-state index in [1.165, 1.54) is 0 Å². The van der Waals surface area contributed by atoms with Crippen LogP contribution in [0.4, 0.5) is 0 Å². The highest BCUT2D eigenvalue weighted by Crippen LogP contribution is 2.25. The van der Waals surface area contributed by atoms with E-state index in [0.717, 1.165) is 11.1 Å². The van der Waals surface area contributed by atoms with E-state index in [9.17, 15) is 8.42 Å². The molecule has 0 unspecified atom stereocenters. The minimum absolute atomic E-state index is 0.0537. The van der Waals surface area contributed by atoms with Crippen LogP contribution in [0.5, 0.6) is 0 Å². The molecule has 0 saturated carbocycles. The lowest BCUT2D eigenvalue weighted by atomic mass is 10.1. The summed E-state index contributed by atoms with van der Waals surface area (Å²) >= 11 is 0. The molecule has 0 aliphatic carbocycles. The van der Waals surface area contributed by atoms with Crippen LogP contribution in [0.15, 0.2) is 24.3 Å². The van der Waals surface area contributed by atoms with Gasteiger partial charge in [-0.05, 0) is 26.3 Å². The van der Waals surface area contributed by atoms with E-state index in [2.05, 4.69) is 0 Å². The fraction of sp³-hybridized carbons (Fsp3) is 0.571. The van der Waals surface area contributed by atoms with Gasteiger partial charge in [0.2, 0.25) is 10.0 Å². The molecule has 1 aromatic carbocycles.